The zero-order chi connectivity index (χ0) is 24.3. The van der Waals surface area contributed by atoms with Crippen LogP contribution in [-0.4, -0.2) is 50.6 Å². The van der Waals surface area contributed by atoms with E-state index in [1.54, 1.807) is 0 Å². The second-order valence-electron chi connectivity index (χ2n) is 10.2. The maximum absolute atomic E-state index is 12.4. The number of epoxide rings is 2. The fourth-order valence-corrected chi connectivity index (χ4v) is 4.29. The average Bonchev–Trinajstić information content (AvgIpc) is 3.75. The molecule has 2 heterocycles. The van der Waals surface area contributed by atoms with Gasteiger partial charge in [-0.2, -0.15) is 0 Å². The van der Waals surface area contributed by atoms with Crippen molar-refractivity contribution < 1.29 is 28.5 Å². The zero-order valence-electron chi connectivity index (χ0n) is 21.7. The molecule has 0 bridgehead atoms. The highest BCUT2D eigenvalue weighted by Crippen LogP contribution is 2.19. The van der Waals surface area contributed by atoms with Crippen LogP contribution >= 0.6 is 0 Å². The lowest BCUT2D eigenvalue weighted by Gasteiger charge is -2.14. The van der Waals surface area contributed by atoms with Crippen LogP contribution in [0.1, 0.15) is 122 Å². The van der Waals surface area contributed by atoms with E-state index < -0.39 is 17.9 Å². The van der Waals surface area contributed by atoms with Gasteiger partial charge in [0.05, 0.1) is 13.2 Å². The number of hydrogen-bond acceptors (Lipinski definition) is 6. The first-order valence-electron chi connectivity index (χ1n) is 14.3. The van der Waals surface area contributed by atoms with Crippen LogP contribution < -0.4 is 0 Å². The van der Waals surface area contributed by atoms with Crippen LogP contribution in [0.2, 0.25) is 0 Å². The largest absolute Gasteiger partial charge is 0.462 e. The fourth-order valence-electron chi connectivity index (χ4n) is 4.29. The lowest BCUT2D eigenvalue weighted by Crippen LogP contribution is -2.30. The van der Waals surface area contributed by atoms with Crippen LogP contribution in [0.25, 0.3) is 0 Å². The number of hydrogen-bond donors (Lipinski definition) is 0. The third-order valence-corrected chi connectivity index (χ3v) is 6.79. The first kappa shape index (κ1) is 29.1. The first-order chi connectivity index (χ1) is 16.7. The lowest BCUT2D eigenvalue weighted by atomic mass is 9.99. The molecule has 198 valence electrons. The molecule has 0 N–H and O–H groups in total. The normalized spacial score (nSPS) is 19.6. The molecular weight excluding hydrogens is 432 g/mol. The van der Waals surface area contributed by atoms with E-state index in [-0.39, 0.29) is 25.4 Å². The molecule has 34 heavy (non-hydrogen) atoms. The van der Waals surface area contributed by atoms with E-state index in [0.717, 1.165) is 19.3 Å². The highest BCUT2D eigenvalue weighted by molar-refractivity contribution is 5.94. The molecule has 2 atom stereocenters. The molecule has 0 radical (unpaired) electrons. The second-order valence-corrected chi connectivity index (χ2v) is 10.2. The van der Waals surface area contributed by atoms with Gasteiger partial charge in [0.2, 0.25) is 0 Å². The second kappa shape index (κ2) is 19.1. The van der Waals surface area contributed by atoms with Crippen molar-refractivity contribution in [3.05, 3.63) is 0 Å². The summed E-state index contributed by atoms with van der Waals surface area (Å²) in [5.41, 5.74) is 0. The number of rotatable bonds is 24. The van der Waals surface area contributed by atoms with E-state index in [1.807, 2.05) is 0 Å². The maximum Gasteiger partial charge on any atom is 0.320 e. The van der Waals surface area contributed by atoms with Crippen molar-refractivity contribution in [2.75, 3.05) is 26.4 Å². The molecule has 6 nitrogen and oxygen atoms in total. The molecule has 6 heteroatoms. The first-order valence-corrected chi connectivity index (χ1v) is 14.3. The van der Waals surface area contributed by atoms with Crippen LogP contribution in [0.15, 0.2) is 0 Å². The predicted octanol–water partition coefficient (Wildman–Crippen LogP) is 6.53. The van der Waals surface area contributed by atoms with Gasteiger partial charge in [-0.25, -0.2) is 0 Å². The van der Waals surface area contributed by atoms with E-state index in [9.17, 15) is 9.59 Å². The van der Waals surface area contributed by atoms with E-state index in [2.05, 4.69) is 6.92 Å². The van der Waals surface area contributed by atoms with Gasteiger partial charge < -0.3 is 18.9 Å². The predicted molar refractivity (Wildman–Crippen MR) is 134 cm³/mol. The number of carbonyl (C=O) groups is 2. The minimum absolute atomic E-state index is 0.000745. The SMILES string of the molecule is CCCCCCCCCCCCCCCCCCCC(C(=O)OCC1CO1)C(=O)OCC1CO1. The number of unbranched alkanes of at least 4 members (excludes halogenated alkanes) is 16. The summed E-state index contributed by atoms with van der Waals surface area (Å²) in [4.78, 5) is 24.7. The van der Waals surface area contributed by atoms with Crippen LogP contribution in [-0.2, 0) is 28.5 Å². The van der Waals surface area contributed by atoms with Crippen LogP contribution in [0.5, 0.6) is 0 Å². The Labute approximate surface area is 207 Å². The molecule has 0 aliphatic carbocycles. The van der Waals surface area contributed by atoms with Crippen molar-refractivity contribution in [3.8, 4) is 0 Å². The van der Waals surface area contributed by atoms with Gasteiger partial charge in [0.25, 0.3) is 0 Å². The van der Waals surface area contributed by atoms with Gasteiger partial charge in [-0.05, 0) is 6.42 Å². The Morgan fingerprint density at radius 3 is 1.26 bits per heavy atom. The van der Waals surface area contributed by atoms with Crippen molar-refractivity contribution in [2.45, 2.75) is 135 Å². The molecule has 2 aliphatic rings. The van der Waals surface area contributed by atoms with E-state index in [4.69, 9.17) is 18.9 Å². The van der Waals surface area contributed by atoms with Gasteiger partial charge in [-0.15, -0.1) is 0 Å². The molecule has 0 aromatic carbocycles. The minimum atomic E-state index is -0.825. The molecule has 0 amide bonds. The van der Waals surface area contributed by atoms with Gasteiger partial charge in [-0.1, -0.05) is 116 Å². The summed E-state index contributed by atoms with van der Waals surface area (Å²) in [7, 11) is 0. The maximum atomic E-state index is 12.4. The van der Waals surface area contributed by atoms with Gasteiger partial charge in [-0.3, -0.25) is 9.59 Å². The lowest BCUT2D eigenvalue weighted by molar-refractivity contribution is -0.163. The van der Waals surface area contributed by atoms with Crippen molar-refractivity contribution in [1.29, 1.82) is 0 Å². The van der Waals surface area contributed by atoms with Crippen molar-refractivity contribution in [1.82, 2.24) is 0 Å². The average molecular weight is 483 g/mol. The van der Waals surface area contributed by atoms with Crippen LogP contribution in [0.3, 0.4) is 0 Å². The van der Waals surface area contributed by atoms with Crippen LogP contribution in [0.4, 0.5) is 0 Å². The summed E-state index contributed by atoms with van der Waals surface area (Å²) >= 11 is 0. The number of ether oxygens (including phenoxy) is 4. The van der Waals surface area contributed by atoms with Crippen molar-refractivity contribution >= 4 is 11.9 Å². The quantitative estimate of drug-likeness (QED) is 0.0674. The van der Waals surface area contributed by atoms with Crippen molar-refractivity contribution in [2.24, 2.45) is 5.92 Å². The Balaban J connectivity index is 1.40. The van der Waals surface area contributed by atoms with Gasteiger partial charge in [0.15, 0.2) is 5.92 Å². The van der Waals surface area contributed by atoms with Gasteiger partial charge >= 0.3 is 11.9 Å². The summed E-state index contributed by atoms with van der Waals surface area (Å²) < 4.78 is 20.7. The molecule has 2 rings (SSSR count). The molecule has 2 saturated heterocycles. The Bertz CT molecular complexity index is 501. The summed E-state index contributed by atoms with van der Waals surface area (Å²) in [5, 5.41) is 0. The van der Waals surface area contributed by atoms with E-state index >= 15 is 0 Å². The van der Waals surface area contributed by atoms with Crippen LogP contribution in [0, 0.1) is 5.92 Å². The molecule has 2 unspecified atom stereocenters. The molecule has 0 saturated carbocycles. The van der Waals surface area contributed by atoms with Gasteiger partial charge in [0.1, 0.15) is 25.4 Å². The molecule has 0 spiro atoms. The molecule has 2 aliphatic heterocycles. The third kappa shape index (κ3) is 15.7. The molecular formula is C28H50O6. The minimum Gasteiger partial charge on any atom is -0.462 e. The summed E-state index contributed by atoms with van der Waals surface area (Å²) in [5.74, 6) is -1.78. The number of carbonyl (C=O) groups excluding carboxylic acids is 2. The van der Waals surface area contributed by atoms with Crippen molar-refractivity contribution in [3.63, 3.8) is 0 Å². The van der Waals surface area contributed by atoms with E-state index in [0.29, 0.717) is 19.6 Å². The molecule has 0 aromatic rings. The highest BCUT2D eigenvalue weighted by atomic mass is 16.6. The third-order valence-electron chi connectivity index (χ3n) is 6.79. The summed E-state index contributed by atoms with van der Waals surface area (Å²) in [6.45, 7) is 3.98. The number of esters is 2. The topological polar surface area (TPSA) is 77.7 Å². The monoisotopic (exact) mass is 482 g/mol. The van der Waals surface area contributed by atoms with E-state index in [1.165, 1.54) is 89.9 Å². The molecule has 0 aromatic heterocycles. The fraction of sp³-hybridized carbons (Fsp3) is 0.929. The molecule has 2 fully saturated rings. The Hall–Kier alpha value is -1.14. The standard InChI is InChI=1S/C28H50O6/c1-2-3-4-5-6-7-8-9-10-11-12-13-14-15-16-17-18-19-26(27(29)33-22-24-20-31-24)28(30)34-23-25-21-32-25/h24-26H,2-23H2,1H3. The highest BCUT2D eigenvalue weighted by Gasteiger charge is 2.33. The Kier molecular flexibility index (Phi) is 16.3. The Morgan fingerprint density at radius 1 is 0.618 bits per heavy atom. The van der Waals surface area contributed by atoms with Gasteiger partial charge in [0, 0.05) is 0 Å². The Morgan fingerprint density at radius 2 is 0.941 bits per heavy atom. The smallest absolute Gasteiger partial charge is 0.320 e. The summed E-state index contributed by atoms with van der Waals surface area (Å²) in [6.07, 6.45) is 22.7. The zero-order valence-corrected chi connectivity index (χ0v) is 21.7. The summed E-state index contributed by atoms with van der Waals surface area (Å²) in [6, 6.07) is 0.